The van der Waals surface area contributed by atoms with Crippen molar-refractivity contribution in [3.8, 4) is 0 Å². The molecule has 0 radical (unpaired) electrons. The van der Waals surface area contributed by atoms with Gasteiger partial charge in [0.1, 0.15) is 0 Å². The van der Waals surface area contributed by atoms with Gasteiger partial charge in [0.15, 0.2) is 0 Å². The van der Waals surface area contributed by atoms with Crippen LogP contribution in [0.15, 0.2) is 65.6 Å². The number of carbonyl (C=O) groups excluding carboxylic acids is 2. The maximum absolute atomic E-state index is 13.2. The molecule has 1 saturated heterocycles. The van der Waals surface area contributed by atoms with Crippen LogP contribution in [0.3, 0.4) is 0 Å². The summed E-state index contributed by atoms with van der Waals surface area (Å²) in [6, 6.07) is 16.7. The summed E-state index contributed by atoms with van der Waals surface area (Å²) >= 11 is 0. The van der Waals surface area contributed by atoms with E-state index < -0.39 is 15.9 Å². The van der Waals surface area contributed by atoms with Gasteiger partial charge in [-0.2, -0.15) is 0 Å². The Morgan fingerprint density at radius 1 is 0.919 bits per heavy atom. The number of anilines is 2. The van der Waals surface area contributed by atoms with Crippen LogP contribution in [0.25, 0.3) is 0 Å². The highest BCUT2D eigenvalue weighted by Crippen LogP contribution is 2.25. The van der Waals surface area contributed by atoms with Crippen molar-refractivity contribution in [2.24, 2.45) is 0 Å². The van der Waals surface area contributed by atoms with Crippen molar-refractivity contribution in [1.82, 2.24) is 5.32 Å². The molecule has 37 heavy (non-hydrogen) atoms. The standard InChI is InChI=1S/C28H31N3O5S/c1-18-10-11-19(2)25(15-18)31-37(34,35)26-16-21(13-12-20(26)3)27(32)30-24-9-5-4-8-23(24)28(33)29-17-22-7-6-14-36-22/h4-5,8-13,15-16,22,31H,6-7,14,17H2,1-3H3,(H,29,33)(H,30,32)/t22-/m0/s1. The number of hydrogen-bond acceptors (Lipinski definition) is 5. The van der Waals surface area contributed by atoms with Crippen molar-refractivity contribution >= 4 is 33.2 Å². The average molecular weight is 522 g/mol. The summed E-state index contributed by atoms with van der Waals surface area (Å²) in [6.45, 7) is 6.47. The molecular formula is C28H31N3O5S. The van der Waals surface area contributed by atoms with Crippen molar-refractivity contribution in [1.29, 1.82) is 0 Å². The maximum atomic E-state index is 13.2. The molecule has 0 spiro atoms. The van der Waals surface area contributed by atoms with Crippen LogP contribution in [0.1, 0.15) is 50.2 Å². The molecular weight excluding hydrogens is 490 g/mol. The fourth-order valence-corrected chi connectivity index (χ4v) is 5.56. The van der Waals surface area contributed by atoms with Crippen LogP contribution in [-0.4, -0.2) is 39.5 Å². The summed E-state index contributed by atoms with van der Waals surface area (Å²) in [5, 5.41) is 5.61. The monoisotopic (exact) mass is 521 g/mol. The maximum Gasteiger partial charge on any atom is 0.262 e. The molecule has 3 N–H and O–H groups in total. The minimum atomic E-state index is -3.96. The SMILES string of the molecule is Cc1ccc(C)c(NS(=O)(=O)c2cc(C(=O)Nc3ccccc3C(=O)NC[C@@H]3CCCO3)ccc2C)c1. The molecule has 1 aliphatic heterocycles. The molecule has 1 atom stereocenters. The van der Waals surface area contributed by atoms with Gasteiger partial charge in [0.05, 0.1) is 27.9 Å². The van der Waals surface area contributed by atoms with Gasteiger partial charge in [0.2, 0.25) is 0 Å². The topological polar surface area (TPSA) is 114 Å². The van der Waals surface area contributed by atoms with Gasteiger partial charge in [-0.1, -0.05) is 30.3 Å². The summed E-state index contributed by atoms with van der Waals surface area (Å²) < 4.78 is 34.7. The van der Waals surface area contributed by atoms with E-state index in [1.54, 1.807) is 49.4 Å². The molecule has 194 valence electrons. The Morgan fingerprint density at radius 3 is 2.43 bits per heavy atom. The van der Waals surface area contributed by atoms with Gasteiger partial charge in [-0.05, 0) is 80.6 Å². The molecule has 0 bridgehead atoms. The van der Waals surface area contributed by atoms with Crippen LogP contribution in [0.5, 0.6) is 0 Å². The molecule has 0 unspecified atom stereocenters. The number of para-hydroxylation sites is 1. The van der Waals surface area contributed by atoms with Gasteiger partial charge in [-0.15, -0.1) is 0 Å². The molecule has 8 nitrogen and oxygen atoms in total. The van der Waals surface area contributed by atoms with Crippen LogP contribution in [0.4, 0.5) is 11.4 Å². The molecule has 0 aliphatic carbocycles. The lowest BCUT2D eigenvalue weighted by molar-refractivity contribution is 0.0858. The zero-order valence-corrected chi connectivity index (χ0v) is 21.9. The van der Waals surface area contributed by atoms with Crippen LogP contribution in [0, 0.1) is 20.8 Å². The van der Waals surface area contributed by atoms with Crippen molar-refractivity contribution in [3.63, 3.8) is 0 Å². The average Bonchev–Trinajstić information content (AvgIpc) is 3.39. The lowest BCUT2D eigenvalue weighted by Crippen LogP contribution is -2.32. The van der Waals surface area contributed by atoms with Gasteiger partial charge in [0, 0.05) is 18.7 Å². The van der Waals surface area contributed by atoms with E-state index in [0.29, 0.717) is 35.7 Å². The summed E-state index contributed by atoms with van der Waals surface area (Å²) in [7, 11) is -3.96. The fourth-order valence-electron chi connectivity index (χ4n) is 4.17. The first-order chi connectivity index (χ1) is 17.6. The van der Waals surface area contributed by atoms with E-state index in [1.807, 2.05) is 26.0 Å². The zero-order valence-electron chi connectivity index (χ0n) is 21.1. The van der Waals surface area contributed by atoms with Gasteiger partial charge in [-0.25, -0.2) is 8.42 Å². The molecule has 1 heterocycles. The van der Waals surface area contributed by atoms with Crippen molar-refractivity contribution in [2.45, 2.75) is 44.6 Å². The van der Waals surface area contributed by atoms with E-state index in [1.165, 1.54) is 6.07 Å². The normalized spacial score (nSPS) is 15.3. The van der Waals surface area contributed by atoms with Gasteiger partial charge in [0.25, 0.3) is 21.8 Å². The number of nitrogens with one attached hydrogen (secondary N) is 3. The number of aryl methyl sites for hydroxylation is 3. The molecule has 1 aliphatic rings. The van der Waals surface area contributed by atoms with Crippen LogP contribution >= 0.6 is 0 Å². The molecule has 9 heteroatoms. The third-order valence-corrected chi connectivity index (χ3v) is 7.82. The van der Waals surface area contributed by atoms with E-state index in [-0.39, 0.29) is 22.5 Å². The van der Waals surface area contributed by atoms with E-state index in [2.05, 4.69) is 15.4 Å². The zero-order chi connectivity index (χ0) is 26.6. The smallest absolute Gasteiger partial charge is 0.262 e. The second-order valence-electron chi connectivity index (χ2n) is 9.25. The number of amides is 2. The van der Waals surface area contributed by atoms with Gasteiger partial charge < -0.3 is 15.4 Å². The Bertz CT molecular complexity index is 1430. The van der Waals surface area contributed by atoms with E-state index >= 15 is 0 Å². The summed E-state index contributed by atoms with van der Waals surface area (Å²) in [6.07, 6.45) is 1.87. The van der Waals surface area contributed by atoms with Crippen LogP contribution in [0.2, 0.25) is 0 Å². The van der Waals surface area contributed by atoms with Crippen molar-refractivity contribution < 1.29 is 22.7 Å². The van der Waals surface area contributed by atoms with Crippen LogP contribution in [-0.2, 0) is 14.8 Å². The molecule has 2 amide bonds. The lowest BCUT2D eigenvalue weighted by Gasteiger charge is -2.15. The third kappa shape index (κ3) is 6.36. The highest BCUT2D eigenvalue weighted by molar-refractivity contribution is 7.92. The third-order valence-electron chi connectivity index (χ3n) is 6.31. The molecule has 4 rings (SSSR count). The first kappa shape index (κ1) is 26.4. The fraction of sp³-hybridized carbons (Fsp3) is 0.286. The largest absolute Gasteiger partial charge is 0.376 e. The summed E-state index contributed by atoms with van der Waals surface area (Å²) in [5.74, 6) is -0.848. The molecule has 3 aromatic rings. The number of hydrogen-bond donors (Lipinski definition) is 3. The van der Waals surface area contributed by atoms with Crippen LogP contribution < -0.4 is 15.4 Å². The van der Waals surface area contributed by atoms with Crippen molar-refractivity contribution in [2.75, 3.05) is 23.2 Å². The Labute approximate surface area is 217 Å². The first-order valence-electron chi connectivity index (χ1n) is 12.1. The Morgan fingerprint density at radius 2 is 1.68 bits per heavy atom. The molecule has 3 aromatic carbocycles. The highest BCUT2D eigenvalue weighted by atomic mass is 32.2. The predicted octanol–water partition coefficient (Wildman–Crippen LogP) is 4.57. The Kier molecular flexibility index (Phi) is 7.94. The second kappa shape index (κ2) is 11.1. The first-order valence-corrected chi connectivity index (χ1v) is 13.6. The lowest BCUT2D eigenvalue weighted by atomic mass is 10.1. The minimum absolute atomic E-state index is 0.00338. The van der Waals surface area contributed by atoms with Gasteiger partial charge in [-0.3, -0.25) is 14.3 Å². The van der Waals surface area contributed by atoms with Crippen molar-refractivity contribution in [3.05, 3.63) is 88.5 Å². The molecule has 1 fully saturated rings. The number of sulfonamides is 1. The number of ether oxygens (including phenoxy) is 1. The Hall–Kier alpha value is -3.69. The van der Waals surface area contributed by atoms with E-state index in [4.69, 9.17) is 4.74 Å². The molecule has 0 aromatic heterocycles. The molecule has 0 saturated carbocycles. The number of rotatable bonds is 8. The second-order valence-corrected chi connectivity index (χ2v) is 10.9. The predicted molar refractivity (Wildman–Crippen MR) is 144 cm³/mol. The quantitative estimate of drug-likeness (QED) is 0.402. The van der Waals surface area contributed by atoms with Gasteiger partial charge >= 0.3 is 0 Å². The summed E-state index contributed by atoms with van der Waals surface area (Å²) in [5.41, 5.74) is 3.49. The van der Waals surface area contributed by atoms with E-state index in [9.17, 15) is 18.0 Å². The van der Waals surface area contributed by atoms with E-state index in [0.717, 1.165) is 24.0 Å². The number of benzene rings is 3. The highest BCUT2D eigenvalue weighted by Gasteiger charge is 2.22. The number of carbonyl (C=O) groups is 2. The summed E-state index contributed by atoms with van der Waals surface area (Å²) in [4.78, 5) is 25.9. The minimum Gasteiger partial charge on any atom is -0.376 e. The Balaban J connectivity index is 1.53.